The van der Waals surface area contributed by atoms with E-state index < -0.39 is 0 Å². The second-order valence-corrected chi connectivity index (χ2v) is 8.40. The number of amides is 1. The van der Waals surface area contributed by atoms with Gasteiger partial charge in [0.1, 0.15) is 19.3 Å². The van der Waals surface area contributed by atoms with Gasteiger partial charge in [0, 0.05) is 0 Å². The third kappa shape index (κ3) is 5.19. The number of benzene rings is 1. The minimum Gasteiger partial charge on any atom is -0.368 e. The first kappa shape index (κ1) is 20.5. The lowest BCUT2D eigenvalue weighted by atomic mass is 9.75. The average Bonchev–Trinajstić information content (AvgIpc) is 3.21. The van der Waals surface area contributed by atoms with Gasteiger partial charge in [0.15, 0.2) is 0 Å². The summed E-state index contributed by atoms with van der Waals surface area (Å²) >= 11 is 0. The Balaban J connectivity index is 1.51. The van der Waals surface area contributed by atoms with Crippen molar-refractivity contribution in [2.45, 2.75) is 59.1 Å². The maximum atomic E-state index is 12.4. The van der Waals surface area contributed by atoms with Crippen molar-refractivity contribution in [3.63, 3.8) is 0 Å². The van der Waals surface area contributed by atoms with Crippen LogP contribution in [0.15, 0.2) is 36.9 Å². The minimum atomic E-state index is -0.0768. The van der Waals surface area contributed by atoms with Crippen LogP contribution in [0, 0.1) is 17.8 Å². The molecule has 4 atom stereocenters. The van der Waals surface area contributed by atoms with Gasteiger partial charge in [0.05, 0.1) is 17.8 Å². The molecular weight excluding hydrogens is 352 g/mol. The number of hydrogen-bond acceptors (Lipinski definition) is 4. The van der Waals surface area contributed by atoms with Crippen LogP contribution in [0.25, 0.3) is 5.69 Å². The smallest absolute Gasteiger partial charge is 0.246 e. The van der Waals surface area contributed by atoms with Gasteiger partial charge in [-0.05, 0) is 55.2 Å². The van der Waals surface area contributed by atoms with Gasteiger partial charge >= 0.3 is 0 Å². The summed E-state index contributed by atoms with van der Waals surface area (Å²) in [6, 6.07) is 7.87. The molecular formula is C22H32N4O2. The highest BCUT2D eigenvalue weighted by Crippen LogP contribution is 2.35. The van der Waals surface area contributed by atoms with Crippen LogP contribution in [-0.2, 0) is 9.53 Å². The molecule has 0 radical (unpaired) electrons. The van der Waals surface area contributed by atoms with Crippen molar-refractivity contribution >= 4 is 5.91 Å². The van der Waals surface area contributed by atoms with E-state index in [0.717, 1.165) is 17.7 Å². The second-order valence-electron chi connectivity index (χ2n) is 8.40. The molecule has 0 spiro atoms. The van der Waals surface area contributed by atoms with E-state index in [0.29, 0.717) is 17.8 Å². The van der Waals surface area contributed by atoms with E-state index in [1.165, 1.54) is 19.2 Å². The molecule has 1 aromatic carbocycles. The first-order valence-electron chi connectivity index (χ1n) is 10.3. The predicted molar refractivity (Wildman–Crippen MR) is 109 cm³/mol. The van der Waals surface area contributed by atoms with Crippen LogP contribution in [0.2, 0.25) is 0 Å². The molecule has 1 N–H and O–H groups in total. The molecule has 1 amide bonds. The molecule has 1 heterocycles. The van der Waals surface area contributed by atoms with Crippen LogP contribution >= 0.6 is 0 Å². The first-order valence-corrected chi connectivity index (χ1v) is 10.3. The molecule has 152 valence electrons. The summed E-state index contributed by atoms with van der Waals surface area (Å²) in [6.07, 6.45) is 6.86. The Hall–Kier alpha value is -2.21. The van der Waals surface area contributed by atoms with E-state index in [-0.39, 0.29) is 24.7 Å². The first-order chi connectivity index (χ1) is 13.4. The van der Waals surface area contributed by atoms with E-state index in [4.69, 9.17) is 4.74 Å². The molecule has 1 aliphatic carbocycles. The Labute approximate surface area is 167 Å². The number of ether oxygens (including phenoxy) is 1. The van der Waals surface area contributed by atoms with Gasteiger partial charge in [-0.3, -0.25) is 4.79 Å². The molecule has 0 bridgehead atoms. The molecule has 0 saturated heterocycles. The van der Waals surface area contributed by atoms with E-state index in [1.807, 2.05) is 31.2 Å². The standard InChI is InChI=1S/C22H32N4O2/c1-15(2)20-10-5-16(3)11-21(20)28-12-22(27)25-17(4)18-6-8-19(9-7-18)26-14-23-13-24-26/h6-9,13-17,20-21H,5,10-12H2,1-4H3,(H,25,27)/t16-,17-,20-,21+/m1/s1. The van der Waals surface area contributed by atoms with Crippen LogP contribution < -0.4 is 5.32 Å². The number of carbonyl (C=O) groups is 1. The summed E-state index contributed by atoms with van der Waals surface area (Å²) in [5.74, 6) is 1.74. The van der Waals surface area contributed by atoms with E-state index in [9.17, 15) is 4.79 Å². The molecule has 0 aliphatic heterocycles. The van der Waals surface area contributed by atoms with Gasteiger partial charge in [0.25, 0.3) is 0 Å². The second kappa shape index (κ2) is 9.32. The summed E-state index contributed by atoms with van der Waals surface area (Å²) in [4.78, 5) is 16.4. The van der Waals surface area contributed by atoms with Crippen LogP contribution in [0.3, 0.4) is 0 Å². The van der Waals surface area contributed by atoms with Crippen LogP contribution in [0.4, 0.5) is 0 Å². The molecule has 1 aromatic heterocycles. The number of nitrogens with zero attached hydrogens (tertiary/aromatic N) is 3. The summed E-state index contributed by atoms with van der Waals surface area (Å²) in [7, 11) is 0. The van der Waals surface area contributed by atoms with Gasteiger partial charge in [-0.2, -0.15) is 5.10 Å². The van der Waals surface area contributed by atoms with Crippen LogP contribution in [0.1, 0.15) is 58.6 Å². The fourth-order valence-corrected chi connectivity index (χ4v) is 4.11. The van der Waals surface area contributed by atoms with Crippen LogP contribution in [0.5, 0.6) is 0 Å². The van der Waals surface area contributed by atoms with Crippen molar-refractivity contribution in [2.24, 2.45) is 17.8 Å². The van der Waals surface area contributed by atoms with Crippen molar-refractivity contribution in [2.75, 3.05) is 6.61 Å². The zero-order valence-corrected chi connectivity index (χ0v) is 17.3. The molecule has 6 heteroatoms. The molecule has 1 aliphatic rings. The zero-order chi connectivity index (χ0) is 20.1. The highest BCUT2D eigenvalue weighted by atomic mass is 16.5. The van der Waals surface area contributed by atoms with Crippen molar-refractivity contribution in [1.82, 2.24) is 20.1 Å². The van der Waals surface area contributed by atoms with Crippen LogP contribution in [-0.4, -0.2) is 33.4 Å². The Bertz CT molecular complexity index is 742. The lowest BCUT2D eigenvalue weighted by Gasteiger charge is -2.37. The van der Waals surface area contributed by atoms with E-state index in [1.54, 1.807) is 11.0 Å². The van der Waals surface area contributed by atoms with Gasteiger partial charge in [-0.25, -0.2) is 9.67 Å². The van der Waals surface area contributed by atoms with E-state index in [2.05, 4.69) is 36.2 Å². The van der Waals surface area contributed by atoms with Crippen molar-refractivity contribution in [3.05, 3.63) is 42.5 Å². The maximum absolute atomic E-state index is 12.4. The average molecular weight is 385 g/mol. The molecule has 1 fully saturated rings. The monoisotopic (exact) mass is 384 g/mol. The quantitative estimate of drug-likeness (QED) is 0.785. The molecule has 6 nitrogen and oxygen atoms in total. The number of carbonyl (C=O) groups excluding carboxylic acids is 1. The molecule has 2 aromatic rings. The Morgan fingerprint density at radius 1 is 1.25 bits per heavy atom. The Kier molecular flexibility index (Phi) is 6.83. The third-order valence-corrected chi connectivity index (χ3v) is 5.84. The van der Waals surface area contributed by atoms with Crippen molar-refractivity contribution in [1.29, 1.82) is 0 Å². The molecule has 1 saturated carbocycles. The van der Waals surface area contributed by atoms with Gasteiger partial charge in [0.2, 0.25) is 5.91 Å². The minimum absolute atomic E-state index is 0.0615. The predicted octanol–water partition coefficient (Wildman–Crippen LogP) is 3.92. The summed E-state index contributed by atoms with van der Waals surface area (Å²) in [5, 5.41) is 7.17. The number of nitrogens with one attached hydrogen (secondary N) is 1. The van der Waals surface area contributed by atoms with E-state index >= 15 is 0 Å². The third-order valence-electron chi connectivity index (χ3n) is 5.84. The number of hydrogen-bond donors (Lipinski definition) is 1. The number of aromatic nitrogens is 3. The molecule has 28 heavy (non-hydrogen) atoms. The fraction of sp³-hybridized carbons (Fsp3) is 0.591. The summed E-state index contributed by atoms with van der Waals surface area (Å²) < 4.78 is 7.77. The summed E-state index contributed by atoms with van der Waals surface area (Å²) in [6.45, 7) is 8.90. The summed E-state index contributed by atoms with van der Waals surface area (Å²) in [5.41, 5.74) is 1.98. The lowest BCUT2D eigenvalue weighted by molar-refractivity contribution is -0.132. The largest absolute Gasteiger partial charge is 0.368 e. The molecule has 3 rings (SSSR count). The maximum Gasteiger partial charge on any atom is 0.246 e. The number of rotatable bonds is 7. The fourth-order valence-electron chi connectivity index (χ4n) is 4.11. The zero-order valence-electron chi connectivity index (χ0n) is 17.3. The van der Waals surface area contributed by atoms with Gasteiger partial charge in [-0.15, -0.1) is 0 Å². The molecule has 0 unspecified atom stereocenters. The highest BCUT2D eigenvalue weighted by molar-refractivity contribution is 5.77. The Morgan fingerprint density at radius 2 is 2.00 bits per heavy atom. The topological polar surface area (TPSA) is 69.0 Å². The van der Waals surface area contributed by atoms with Crippen molar-refractivity contribution < 1.29 is 9.53 Å². The van der Waals surface area contributed by atoms with Gasteiger partial charge in [-0.1, -0.05) is 39.3 Å². The normalized spacial score (nSPS) is 23.5. The van der Waals surface area contributed by atoms with Gasteiger partial charge < -0.3 is 10.1 Å². The Morgan fingerprint density at radius 3 is 2.64 bits per heavy atom. The lowest BCUT2D eigenvalue weighted by Crippen LogP contribution is -2.38. The highest BCUT2D eigenvalue weighted by Gasteiger charge is 2.31. The SMILES string of the molecule is CC(C)[C@H]1CC[C@@H](C)C[C@@H]1OCC(=O)N[C@H](C)c1ccc(-n2cncn2)cc1. The van der Waals surface area contributed by atoms with Crippen molar-refractivity contribution in [3.8, 4) is 5.69 Å².